The number of hydrogen-bond donors (Lipinski definition) is 1. The van der Waals surface area contributed by atoms with E-state index in [1.54, 1.807) is 0 Å². The molecule has 1 aromatic carbocycles. The van der Waals surface area contributed by atoms with E-state index in [0.717, 1.165) is 11.3 Å². The van der Waals surface area contributed by atoms with Crippen LogP contribution in [0.5, 0.6) is 0 Å². The Kier molecular flexibility index (Phi) is 3.72. The molecular formula is C11H12ClNO. The van der Waals surface area contributed by atoms with Gasteiger partial charge in [0.1, 0.15) is 0 Å². The monoisotopic (exact) mass is 209 g/mol. The van der Waals surface area contributed by atoms with Crippen molar-refractivity contribution in [1.29, 1.82) is 0 Å². The van der Waals surface area contributed by atoms with Crippen molar-refractivity contribution in [2.75, 3.05) is 0 Å². The topological polar surface area (TPSA) is 29.1 Å². The summed E-state index contributed by atoms with van der Waals surface area (Å²) in [5.41, 5.74) is 1.69. The van der Waals surface area contributed by atoms with Crippen LogP contribution < -0.4 is 5.32 Å². The lowest BCUT2D eigenvalue weighted by molar-refractivity contribution is -0.118. The number of nitrogens with one attached hydrogen (secondary N) is 1. The van der Waals surface area contributed by atoms with Gasteiger partial charge in [0.15, 0.2) is 0 Å². The molecule has 0 spiro atoms. The van der Waals surface area contributed by atoms with E-state index in [4.69, 9.17) is 11.6 Å². The van der Waals surface area contributed by atoms with E-state index in [2.05, 4.69) is 5.32 Å². The highest BCUT2D eigenvalue weighted by Crippen LogP contribution is 2.17. The normalized spacial score (nSPS) is 11.2. The van der Waals surface area contributed by atoms with Crippen molar-refractivity contribution < 1.29 is 4.79 Å². The van der Waals surface area contributed by atoms with Crippen molar-refractivity contribution >= 4 is 23.6 Å². The molecule has 74 valence electrons. The zero-order chi connectivity index (χ0) is 10.6. The minimum Gasteiger partial charge on any atom is -0.330 e. The van der Waals surface area contributed by atoms with E-state index in [-0.39, 0.29) is 5.91 Å². The van der Waals surface area contributed by atoms with Gasteiger partial charge in [-0.2, -0.15) is 0 Å². The number of carbonyl (C=O) groups excluding carboxylic acids is 1. The molecule has 3 heteroatoms. The van der Waals surface area contributed by atoms with Crippen LogP contribution in [0.15, 0.2) is 30.0 Å². The van der Waals surface area contributed by atoms with Gasteiger partial charge in [-0.1, -0.05) is 29.8 Å². The van der Waals surface area contributed by atoms with Gasteiger partial charge in [0.25, 0.3) is 0 Å². The van der Waals surface area contributed by atoms with E-state index in [9.17, 15) is 4.79 Å². The molecule has 0 aliphatic rings. The highest BCUT2D eigenvalue weighted by Gasteiger charge is 1.97. The number of rotatable bonds is 2. The maximum atomic E-state index is 10.7. The van der Waals surface area contributed by atoms with E-state index in [0.29, 0.717) is 5.02 Å². The van der Waals surface area contributed by atoms with Crippen molar-refractivity contribution in [3.05, 3.63) is 40.5 Å². The molecule has 0 fully saturated rings. The number of amides is 1. The van der Waals surface area contributed by atoms with E-state index in [1.807, 2.05) is 37.3 Å². The fourth-order valence-corrected chi connectivity index (χ4v) is 1.33. The van der Waals surface area contributed by atoms with E-state index in [1.165, 1.54) is 6.92 Å². The van der Waals surface area contributed by atoms with Crippen molar-refractivity contribution in [3.8, 4) is 0 Å². The third-order valence-corrected chi connectivity index (χ3v) is 1.99. The van der Waals surface area contributed by atoms with Crippen LogP contribution in [-0.2, 0) is 4.79 Å². The van der Waals surface area contributed by atoms with Gasteiger partial charge >= 0.3 is 0 Å². The van der Waals surface area contributed by atoms with Crippen LogP contribution in [-0.4, -0.2) is 5.91 Å². The van der Waals surface area contributed by atoms with Crippen LogP contribution in [0.4, 0.5) is 0 Å². The van der Waals surface area contributed by atoms with Gasteiger partial charge in [0.2, 0.25) is 5.91 Å². The Hall–Kier alpha value is -1.28. The standard InChI is InChI=1S/C11H12ClNO/c1-8(13-9(2)14)7-10-5-3-4-6-11(10)12/h3-7H,1-2H3,(H,13,14)/b8-7+. The maximum absolute atomic E-state index is 10.7. The first kappa shape index (κ1) is 10.8. The lowest BCUT2D eigenvalue weighted by Gasteiger charge is -2.02. The Balaban J connectivity index is 2.86. The van der Waals surface area contributed by atoms with Gasteiger partial charge < -0.3 is 5.32 Å². The molecule has 0 aromatic heterocycles. The summed E-state index contributed by atoms with van der Waals surface area (Å²) in [7, 11) is 0. The summed E-state index contributed by atoms with van der Waals surface area (Å²) in [5, 5.41) is 3.36. The molecule has 0 aliphatic heterocycles. The average molecular weight is 210 g/mol. The molecule has 0 bridgehead atoms. The first-order valence-electron chi connectivity index (χ1n) is 4.30. The van der Waals surface area contributed by atoms with Gasteiger partial charge in [-0.25, -0.2) is 0 Å². The number of halogens is 1. The molecule has 0 atom stereocenters. The van der Waals surface area contributed by atoms with Crippen LogP contribution in [0.1, 0.15) is 19.4 Å². The fourth-order valence-electron chi connectivity index (χ4n) is 1.14. The molecule has 1 rings (SSSR count). The molecular weight excluding hydrogens is 198 g/mol. The molecule has 1 aromatic rings. The molecule has 0 aliphatic carbocycles. The summed E-state index contributed by atoms with van der Waals surface area (Å²) in [5.74, 6) is -0.0780. The van der Waals surface area contributed by atoms with E-state index < -0.39 is 0 Å². The minimum absolute atomic E-state index is 0.0780. The Bertz CT molecular complexity index is 371. The molecule has 0 unspecified atom stereocenters. The molecule has 0 saturated heterocycles. The number of hydrogen-bond acceptors (Lipinski definition) is 1. The van der Waals surface area contributed by atoms with Gasteiger partial charge in [-0.05, 0) is 24.6 Å². The first-order chi connectivity index (χ1) is 6.59. The number of benzene rings is 1. The van der Waals surface area contributed by atoms with Gasteiger partial charge in [0, 0.05) is 17.6 Å². The predicted octanol–water partition coefficient (Wildman–Crippen LogP) is 2.84. The smallest absolute Gasteiger partial charge is 0.220 e. The Labute approximate surface area is 88.6 Å². The zero-order valence-corrected chi connectivity index (χ0v) is 8.93. The Morgan fingerprint density at radius 3 is 2.57 bits per heavy atom. The summed E-state index contributed by atoms with van der Waals surface area (Å²) in [4.78, 5) is 10.7. The first-order valence-corrected chi connectivity index (χ1v) is 4.68. The Morgan fingerprint density at radius 2 is 2.00 bits per heavy atom. The van der Waals surface area contributed by atoms with Crippen LogP contribution in [0.3, 0.4) is 0 Å². The third kappa shape index (κ3) is 3.23. The highest BCUT2D eigenvalue weighted by atomic mass is 35.5. The second kappa shape index (κ2) is 4.82. The molecule has 0 radical (unpaired) electrons. The van der Waals surface area contributed by atoms with Gasteiger partial charge in [-0.3, -0.25) is 4.79 Å². The van der Waals surface area contributed by atoms with Crippen LogP contribution in [0, 0.1) is 0 Å². The van der Waals surface area contributed by atoms with Crippen molar-refractivity contribution in [3.63, 3.8) is 0 Å². The second-order valence-corrected chi connectivity index (χ2v) is 3.44. The van der Waals surface area contributed by atoms with Crippen molar-refractivity contribution in [2.45, 2.75) is 13.8 Å². The molecule has 0 heterocycles. The molecule has 0 saturated carbocycles. The Morgan fingerprint density at radius 1 is 1.36 bits per heavy atom. The largest absolute Gasteiger partial charge is 0.330 e. The zero-order valence-electron chi connectivity index (χ0n) is 8.17. The van der Waals surface area contributed by atoms with Gasteiger partial charge in [-0.15, -0.1) is 0 Å². The van der Waals surface area contributed by atoms with Crippen LogP contribution in [0.2, 0.25) is 5.02 Å². The molecule has 1 N–H and O–H groups in total. The van der Waals surface area contributed by atoms with Crippen LogP contribution >= 0.6 is 11.6 Å². The summed E-state index contributed by atoms with van der Waals surface area (Å²) >= 11 is 5.95. The van der Waals surface area contributed by atoms with Crippen LogP contribution in [0.25, 0.3) is 6.08 Å². The SMILES string of the molecule is CC(=O)N/C(C)=C/c1ccccc1Cl. The van der Waals surface area contributed by atoms with Crippen molar-refractivity contribution in [2.24, 2.45) is 0 Å². The highest BCUT2D eigenvalue weighted by molar-refractivity contribution is 6.32. The molecule has 1 amide bonds. The summed E-state index contributed by atoms with van der Waals surface area (Å²) < 4.78 is 0. The fraction of sp³-hybridized carbons (Fsp3) is 0.182. The minimum atomic E-state index is -0.0780. The predicted molar refractivity (Wildman–Crippen MR) is 58.9 cm³/mol. The third-order valence-electron chi connectivity index (χ3n) is 1.65. The van der Waals surface area contributed by atoms with E-state index >= 15 is 0 Å². The molecule has 14 heavy (non-hydrogen) atoms. The summed E-state index contributed by atoms with van der Waals surface area (Å²) in [6.07, 6.45) is 1.84. The lowest BCUT2D eigenvalue weighted by atomic mass is 10.2. The van der Waals surface area contributed by atoms with Gasteiger partial charge in [0.05, 0.1) is 0 Å². The quantitative estimate of drug-likeness (QED) is 0.798. The maximum Gasteiger partial charge on any atom is 0.220 e. The summed E-state index contributed by atoms with van der Waals surface area (Å²) in [6, 6.07) is 7.48. The average Bonchev–Trinajstić information content (AvgIpc) is 2.07. The number of carbonyl (C=O) groups is 1. The molecule has 2 nitrogen and oxygen atoms in total. The lowest BCUT2D eigenvalue weighted by Crippen LogP contribution is -2.16. The second-order valence-electron chi connectivity index (χ2n) is 3.03. The van der Waals surface area contributed by atoms with Crippen molar-refractivity contribution in [1.82, 2.24) is 5.32 Å². The summed E-state index contributed by atoms with van der Waals surface area (Å²) in [6.45, 7) is 3.30. The number of allylic oxidation sites excluding steroid dienone is 1.